The molecule has 2 heterocycles. The Morgan fingerprint density at radius 1 is 1.31 bits per heavy atom. The summed E-state index contributed by atoms with van der Waals surface area (Å²) in [7, 11) is 0. The lowest BCUT2D eigenvalue weighted by atomic mass is 9.84. The maximum absolute atomic E-state index is 5.71. The zero-order valence-corrected chi connectivity index (χ0v) is 7.75. The summed E-state index contributed by atoms with van der Waals surface area (Å²) in [5, 5.41) is 3.51. The molecular formula is C11H15NO. The van der Waals surface area contributed by atoms with Crippen LogP contribution in [0, 0.1) is 5.92 Å². The Bertz CT molecular complexity index is 280. The molecule has 0 amide bonds. The molecular weight excluding hydrogens is 162 g/mol. The molecule has 2 nitrogen and oxygen atoms in total. The van der Waals surface area contributed by atoms with Crippen molar-refractivity contribution in [1.82, 2.24) is 5.32 Å². The van der Waals surface area contributed by atoms with Crippen LogP contribution in [0.5, 0.6) is 0 Å². The number of hydrogen-bond acceptors (Lipinski definition) is 2. The molecule has 3 rings (SSSR count). The SMILES string of the molecule is C1=CC2=C3NCCC3CCC2OC1. The molecule has 0 radical (unpaired) electrons. The fourth-order valence-corrected chi connectivity index (χ4v) is 2.69. The van der Waals surface area contributed by atoms with Gasteiger partial charge < -0.3 is 10.1 Å². The summed E-state index contributed by atoms with van der Waals surface area (Å²) in [6.07, 6.45) is 8.62. The molecule has 1 N–H and O–H groups in total. The van der Waals surface area contributed by atoms with Crippen LogP contribution in [0.3, 0.4) is 0 Å². The van der Waals surface area contributed by atoms with Crippen LogP contribution < -0.4 is 5.32 Å². The fourth-order valence-electron chi connectivity index (χ4n) is 2.69. The van der Waals surface area contributed by atoms with Gasteiger partial charge in [-0.2, -0.15) is 0 Å². The molecule has 0 aromatic heterocycles. The van der Waals surface area contributed by atoms with E-state index in [1.54, 1.807) is 0 Å². The molecule has 0 aromatic rings. The van der Waals surface area contributed by atoms with Gasteiger partial charge >= 0.3 is 0 Å². The third kappa shape index (κ3) is 1.12. The van der Waals surface area contributed by atoms with E-state index in [9.17, 15) is 0 Å². The monoisotopic (exact) mass is 177 g/mol. The summed E-state index contributed by atoms with van der Waals surface area (Å²) in [5.41, 5.74) is 2.91. The molecule has 2 heteroatoms. The van der Waals surface area contributed by atoms with Gasteiger partial charge in [-0.3, -0.25) is 0 Å². The van der Waals surface area contributed by atoms with Gasteiger partial charge in [-0.1, -0.05) is 12.2 Å². The van der Waals surface area contributed by atoms with E-state index >= 15 is 0 Å². The molecule has 0 spiro atoms. The Labute approximate surface area is 78.7 Å². The molecule has 0 saturated carbocycles. The zero-order valence-electron chi connectivity index (χ0n) is 7.75. The summed E-state index contributed by atoms with van der Waals surface area (Å²) >= 11 is 0. The van der Waals surface area contributed by atoms with Gasteiger partial charge in [0.1, 0.15) is 0 Å². The Kier molecular flexibility index (Phi) is 1.69. The second kappa shape index (κ2) is 2.88. The van der Waals surface area contributed by atoms with Crippen molar-refractivity contribution in [3.8, 4) is 0 Å². The number of rotatable bonds is 0. The highest BCUT2D eigenvalue weighted by molar-refractivity contribution is 5.35. The van der Waals surface area contributed by atoms with Crippen LogP contribution in [0.15, 0.2) is 23.4 Å². The molecule has 0 bridgehead atoms. The standard InChI is InChI=1S/C11H15NO/c1-2-9-10(13-7-1)4-3-8-5-6-12-11(8)9/h1-2,8,10,12H,3-7H2. The van der Waals surface area contributed by atoms with Crippen molar-refractivity contribution in [1.29, 1.82) is 0 Å². The first-order valence-electron chi connectivity index (χ1n) is 5.21. The number of nitrogens with one attached hydrogen (secondary N) is 1. The van der Waals surface area contributed by atoms with E-state index in [4.69, 9.17) is 4.74 Å². The van der Waals surface area contributed by atoms with Gasteiger partial charge in [0.2, 0.25) is 0 Å². The predicted octanol–water partition coefficient (Wildman–Crippen LogP) is 1.60. The Morgan fingerprint density at radius 3 is 3.31 bits per heavy atom. The average Bonchev–Trinajstić information content (AvgIpc) is 2.65. The second-order valence-corrected chi connectivity index (χ2v) is 4.08. The van der Waals surface area contributed by atoms with Gasteiger partial charge in [-0.05, 0) is 24.8 Å². The smallest absolute Gasteiger partial charge is 0.0846 e. The highest BCUT2D eigenvalue weighted by Gasteiger charge is 2.32. The third-order valence-electron chi connectivity index (χ3n) is 3.34. The Morgan fingerprint density at radius 2 is 2.31 bits per heavy atom. The zero-order chi connectivity index (χ0) is 8.67. The van der Waals surface area contributed by atoms with Crippen LogP contribution in [-0.2, 0) is 4.74 Å². The lowest BCUT2D eigenvalue weighted by Crippen LogP contribution is -2.28. The van der Waals surface area contributed by atoms with Crippen molar-refractivity contribution in [3.63, 3.8) is 0 Å². The second-order valence-electron chi connectivity index (χ2n) is 4.08. The lowest BCUT2D eigenvalue weighted by molar-refractivity contribution is 0.0791. The number of fused-ring (bicyclic) bond motifs is 2. The first kappa shape index (κ1) is 7.63. The van der Waals surface area contributed by atoms with Crippen molar-refractivity contribution >= 4 is 0 Å². The quantitative estimate of drug-likeness (QED) is 0.607. The summed E-state index contributed by atoms with van der Waals surface area (Å²) < 4.78 is 5.71. The van der Waals surface area contributed by atoms with Crippen LogP contribution in [0.1, 0.15) is 19.3 Å². The largest absolute Gasteiger partial charge is 0.388 e. The van der Waals surface area contributed by atoms with Gasteiger partial charge in [0, 0.05) is 18.2 Å². The summed E-state index contributed by atoms with van der Waals surface area (Å²) in [6, 6.07) is 0. The van der Waals surface area contributed by atoms with E-state index in [1.807, 2.05) is 0 Å². The van der Waals surface area contributed by atoms with Gasteiger partial charge in [-0.15, -0.1) is 0 Å². The number of allylic oxidation sites excluding steroid dienone is 1. The molecule has 0 aromatic carbocycles. The van der Waals surface area contributed by atoms with E-state index in [1.165, 1.54) is 30.5 Å². The molecule has 70 valence electrons. The fraction of sp³-hybridized carbons (Fsp3) is 0.636. The summed E-state index contributed by atoms with van der Waals surface area (Å²) in [6.45, 7) is 1.95. The van der Waals surface area contributed by atoms with Crippen molar-refractivity contribution in [2.45, 2.75) is 25.4 Å². The maximum Gasteiger partial charge on any atom is 0.0846 e. The summed E-state index contributed by atoms with van der Waals surface area (Å²) in [5.74, 6) is 0.803. The van der Waals surface area contributed by atoms with Crippen molar-refractivity contribution in [2.24, 2.45) is 5.92 Å². The van der Waals surface area contributed by atoms with Gasteiger partial charge in [0.25, 0.3) is 0 Å². The van der Waals surface area contributed by atoms with Gasteiger partial charge in [-0.25, -0.2) is 0 Å². The predicted molar refractivity (Wildman–Crippen MR) is 51.2 cm³/mol. The number of ether oxygens (including phenoxy) is 1. The van der Waals surface area contributed by atoms with Crippen molar-refractivity contribution in [2.75, 3.05) is 13.2 Å². The van der Waals surface area contributed by atoms with Crippen molar-refractivity contribution < 1.29 is 4.74 Å². The van der Waals surface area contributed by atoms with Crippen LogP contribution in [0.4, 0.5) is 0 Å². The van der Waals surface area contributed by atoms with Gasteiger partial charge in [0.05, 0.1) is 12.7 Å². The first-order valence-corrected chi connectivity index (χ1v) is 5.21. The molecule has 13 heavy (non-hydrogen) atoms. The molecule has 3 aliphatic rings. The van der Waals surface area contributed by atoms with E-state index in [-0.39, 0.29) is 0 Å². The van der Waals surface area contributed by atoms with Crippen molar-refractivity contribution in [3.05, 3.63) is 23.4 Å². The molecule has 1 saturated heterocycles. The van der Waals surface area contributed by atoms with E-state index in [0.717, 1.165) is 19.1 Å². The minimum absolute atomic E-state index is 0.391. The Hall–Kier alpha value is -0.760. The van der Waals surface area contributed by atoms with E-state index in [0.29, 0.717) is 6.10 Å². The van der Waals surface area contributed by atoms with Crippen LogP contribution in [0.25, 0.3) is 0 Å². The topological polar surface area (TPSA) is 21.3 Å². The molecule has 1 fully saturated rings. The molecule has 2 atom stereocenters. The van der Waals surface area contributed by atoms with Crippen LogP contribution >= 0.6 is 0 Å². The third-order valence-corrected chi connectivity index (χ3v) is 3.34. The minimum Gasteiger partial charge on any atom is -0.388 e. The number of hydrogen-bond donors (Lipinski definition) is 1. The van der Waals surface area contributed by atoms with E-state index < -0.39 is 0 Å². The Balaban J connectivity index is 2.03. The molecule has 1 aliphatic carbocycles. The molecule has 2 aliphatic heterocycles. The first-order chi connectivity index (χ1) is 6.45. The van der Waals surface area contributed by atoms with Gasteiger partial charge in [0.15, 0.2) is 0 Å². The minimum atomic E-state index is 0.391. The average molecular weight is 177 g/mol. The summed E-state index contributed by atoms with van der Waals surface area (Å²) in [4.78, 5) is 0. The van der Waals surface area contributed by atoms with Crippen LogP contribution in [0.2, 0.25) is 0 Å². The lowest BCUT2D eigenvalue weighted by Gasteiger charge is -2.31. The van der Waals surface area contributed by atoms with E-state index in [2.05, 4.69) is 17.5 Å². The molecule has 2 unspecified atom stereocenters. The highest BCUT2D eigenvalue weighted by atomic mass is 16.5. The normalized spacial score (nSPS) is 36.9. The highest BCUT2D eigenvalue weighted by Crippen LogP contribution is 2.37. The maximum atomic E-state index is 5.71. The van der Waals surface area contributed by atoms with Crippen LogP contribution in [-0.4, -0.2) is 19.3 Å².